The third kappa shape index (κ3) is 3.86. The van der Waals surface area contributed by atoms with Crippen molar-refractivity contribution in [2.24, 2.45) is 0 Å². The normalized spacial score (nSPS) is 12.5. The Balaban J connectivity index is 2.74. The molecule has 1 amide bonds. The van der Waals surface area contributed by atoms with Gasteiger partial charge in [0.2, 0.25) is 5.91 Å². The molecule has 0 fully saturated rings. The summed E-state index contributed by atoms with van der Waals surface area (Å²) in [6, 6.07) is 8.72. The molecule has 0 aromatic heterocycles. The fourth-order valence-corrected chi connectivity index (χ4v) is 1.68. The lowest BCUT2D eigenvalue weighted by Gasteiger charge is -2.10. The molecule has 0 saturated carbocycles. The van der Waals surface area contributed by atoms with Crippen LogP contribution in [0.1, 0.15) is 12.5 Å². The highest BCUT2D eigenvalue weighted by Crippen LogP contribution is 2.11. The summed E-state index contributed by atoms with van der Waals surface area (Å²) in [6.07, 6.45) is 1.32. The second-order valence-corrected chi connectivity index (χ2v) is 6.36. The summed E-state index contributed by atoms with van der Waals surface area (Å²) in [5, 5.41) is 9.94. The van der Waals surface area contributed by atoms with Gasteiger partial charge in [-0.1, -0.05) is 12.1 Å². The second kappa shape index (κ2) is 5.65. The minimum Gasteiger partial charge on any atom is -0.325 e. The summed E-state index contributed by atoms with van der Waals surface area (Å²) in [5.74, 6) is -0.564. The number of nitrogens with zero attached hydrogens (tertiary/aromatic N) is 1. The molecule has 1 rings (SSSR count). The number of hydrogen-bond donors (Lipinski definition) is 1. The van der Waals surface area contributed by atoms with Gasteiger partial charge < -0.3 is 5.32 Å². The van der Waals surface area contributed by atoms with Gasteiger partial charge in [-0.3, -0.25) is 4.79 Å². The van der Waals surface area contributed by atoms with E-state index in [1.54, 1.807) is 24.3 Å². The molecule has 0 saturated heterocycles. The molecular formula is C12H14N2O3S. The predicted octanol–water partition coefficient (Wildman–Crippen LogP) is 1.12. The third-order valence-corrected chi connectivity index (χ3v) is 4.01. The number of nitrogens with one attached hydrogen (secondary N) is 1. The number of amides is 1. The van der Waals surface area contributed by atoms with E-state index in [-0.39, 0.29) is 0 Å². The fraction of sp³-hybridized carbons (Fsp3) is 0.333. The van der Waals surface area contributed by atoms with E-state index in [2.05, 4.69) is 5.32 Å². The molecule has 1 unspecified atom stereocenters. The average Bonchev–Trinajstić information content (AvgIpc) is 2.30. The molecule has 5 nitrogen and oxygen atoms in total. The van der Waals surface area contributed by atoms with Crippen LogP contribution in [0.25, 0.3) is 0 Å². The smallest absolute Gasteiger partial charge is 0.242 e. The van der Waals surface area contributed by atoms with Crippen LogP contribution in [0.5, 0.6) is 0 Å². The number of anilines is 1. The number of hydrogen-bond acceptors (Lipinski definition) is 4. The minimum atomic E-state index is -3.39. The Morgan fingerprint density at radius 3 is 2.39 bits per heavy atom. The van der Waals surface area contributed by atoms with Crippen LogP contribution in [-0.4, -0.2) is 25.8 Å². The lowest BCUT2D eigenvalue weighted by atomic mass is 10.1. The molecule has 6 heteroatoms. The summed E-state index contributed by atoms with van der Waals surface area (Å²) in [5.41, 5.74) is 1.35. The lowest BCUT2D eigenvalue weighted by Crippen LogP contribution is -2.31. The first-order valence-corrected chi connectivity index (χ1v) is 7.25. The first kappa shape index (κ1) is 14.2. The molecule has 0 aliphatic heterocycles. The number of carbonyl (C=O) groups is 1. The summed E-state index contributed by atoms with van der Waals surface area (Å²) in [4.78, 5) is 11.6. The van der Waals surface area contributed by atoms with E-state index in [0.717, 1.165) is 11.8 Å². The Labute approximate surface area is 106 Å². The molecule has 0 heterocycles. The summed E-state index contributed by atoms with van der Waals surface area (Å²) < 4.78 is 22.4. The highest BCUT2D eigenvalue weighted by atomic mass is 32.2. The minimum absolute atomic E-state index is 0.300. The van der Waals surface area contributed by atoms with Crippen molar-refractivity contribution >= 4 is 21.4 Å². The zero-order valence-electron chi connectivity index (χ0n) is 10.2. The third-order valence-electron chi connectivity index (χ3n) is 2.52. The van der Waals surface area contributed by atoms with Crippen LogP contribution < -0.4 is 5.32 Å². The largest absolute Gasteiger partial charge is 0.325 e. The van der Waals surface area contributed by atoms with Gasteiger partial charge in [-0.15, -0.1) is 0 Å². The number of sulfone groups is 1. The standard InChI is InChI=1S/C12H14N2O3S/c1-9(18(2,16)17)12(15)14-11-5-3-10(4-6-11)7-8-13/h3-6,9H,7H2,1-2H3,(H,14,15). The van der Waals surface area contributed by atoms with Gasteiger partial charge in [0.15, 0.2) is 9.84 Å². The van der Waals surface area contributed by atoms with E-state index in [9.17, 15) is 13.2 Å². The van der Waals surface area contributed by atoms with Gasteiger partial charge in [-0.2, -0.15) is 5.26 Å². The van der Waals surface area contributed by atoms with Gasteiger partial charge in [-0.25, -0.2) is 8.42 Å². The highest BCUT2D eigenvalue weighted by Gasteiger charge is 2.23. The SMILES string of the molecule is CC(C(=O)Nc1ccc(CC#N)cc1)S(C)(=O)=O. The Hall–Kier alpha value is -1.87. The molecule has 1 aromatic carbocycles. The van der Waals surface area contributed by atoms with Gasteiger partial charge in [-0.05, 0) is 24.6 Å². The van der Waals surface area contributed by atoms with Crippen LogP contribution in [0.15, 0.2) is 24.3 Å². The Morgan fingerprint density at radius 1 is 1.39 bits per heavy atom. The van der Waals surface area contributed by atoms with E-state index in [1.165, 1.54) is 6.92 Å². The topological polar surface area (TPSA) is 87.0 Å². The number of nitriles is 1. The van der Waals surface area contributed by atoms with Crippen LogP contribution in [0.3, 0.4) is 0 Å². The molecule has 1 aromatic rings. The monoisotopic (exact) mass is 266 g/mol. The Bertz CT molecular complexity index is 570. The van der Waals surface area contributed by atoms with E-state index in [0.29, 0.717) is 12.1 Å². The van der Waals surface area contributed by atoms with Crippen LogP contribution in [-0.2, 0) is 21.1 Å². The summed E-state index contributed by atoms with van der Waals surface area (Å²) in [6.45, 7) is 1.34. The quantitative estimate of drug-likeness (QED) is 0.884. The van der Waals surface area contributed by atoms with Gasteiger partial charge in [0.25, 0.3) is 0 Å². The number of carbonyl (C=O) groups excluding carboxylic acids is 1. The molecule has 0 aliphatic rings. The average molecular weight is 266 g/mol. The molecule has 0 spiro atoms. The van der Waals surface area contributed by atoms with Crippen LogP contribution >= 0.6 is 0 Å². The predicted molar refractivity (Wildman–Crippen MR) is 68.7 cm³/mol. The Kier molecular flexibility index (Phi) is 4.45. The van der Waals surface area contributed by atoms with Crippen molar-refractivity contribution in [3.8, 4) is 6.07 Å². The maximum absolute atomic E-state index is 11.6. The molecule has 0 bridgehead atoms. The zero-order chi connectivity index (χ0) is 13.8. The molecular weight excluding hydrogens is 252 g/mol. The second-order valence-electron chi connectivity index (χ2n) is 3.99. The molecule has 1 N–H and O–H groups in total. The Morgan fingerprint density at radius 2 is 1.94 bits per heavy atom. The van der Waals surface area contributed by atoms with Crippen molar-refractivity contribution < 1.29 is 13.2 Å². The number of benzene rings is 1. The lowest BCUT2D eigenvalue weighted by molar-refractivity contribution is -0.115. The van der Waals surface area contributed by atoms with E-state index < -0.39 is 21.0 Å². The van der Waals surface area contributed by atoms with Crippen molar-refractivity contribution in [3.05, 3.63) is 29.8 Å². The van der Waals surface area contributed by atoms with Gasteiger partial charge in [0, 0.05) is 11.9 Å². The van der Waals surface area contributed by atoms with Crippen molar-refractivity contribution in [1.82, 2.24) is 0 Å². The number of rotatable bonds is 4. The maximum atomic E-state index is 11.6. The molecule has 18 heavy (non-hydrogen) atoms. The van der Waals surface area contributed by atoms with E-state index in [1.807, 2.05) is 6.07 Å². The zero-order valence-corrected chi connectivity index (χ0v) is 11.0. The van der Waals surface area contributed by atoms with Gasteiger partial charge in [0.05, 0.1) is 12.5 Å². The first-order valence-electron chi connectivity index (χ1n) is 5.30. The van der Waals surface area contributed by atoms with Crippen LogP contribution in [0.4, 0.5) is 5.69 Å². The van der Waals surface area contributed by atoms with E-state index in [4.69, 9.17) is 5.26 Å². The van der Waals surface area contributed by atoms with Gasteiger partial charge in [0.1, 0.15) is 5.25 Å². The highest BCUT2D eigenvalue weighted by molar-refractivity contribution is 7.92. The maximum Gasteiger partial charge on any atom is 0.242 e. The van der Waals surface area contributed by atoms with Crippen molar-refractivity contribution in [2.45, 2.75) is 18.6 Å². The molecule has 1 atom stereocenters. The first-order chi connectivity index (χ1) is 8.34. The van der Waals surface area contributed by atoms with Crippen LogP contribution in [0.2, 0.25) is 0 Å². The van der Waals surface area contributed by atoms with Crippen LogP contribution in [0, 0.1) is 11.3 Å². The van der Waals surface area contributed by atoms with E-state index >= 15 is 0 Å². The molecule has 0 radical (unpaired) electrons. The molecule has 0 aliphatic carbocycles. The fourth-order valence-electron chi connectivity index (χ4n) is 1.24. The molecule has 96 valence electrons. The summed E-state index contributed by atoms with van der Waals surface area (Å²) in [7, 11) is -3.39. The van der Waals surface area contributed by atoms with Gasteiger partial charge >= 0.3 is 0 Å². The van der Waals surface area contributed by atoms with Crippen molar-refractivity contribution in [1.29, 1.82) is 5.26 Å². The van der Waals surface area contributed by atoms with Crippen molar-refractivity contribution in [2.75, 3.05) is 11.6 Å². The summed E-state index contributed by atoms with van der Waals surface area (Å²) >= 11 is 0. The van der Waals surface area contributed by atoms with Crippen molar-refractivity contribution in [3.63, 3.8) is 0 Å².